The number of thioether (sulfide) groups is 1. The van der Waals surface area contributed by atoms with Crippen molar-refractivity contribution < 1.29 is 0 Å². The van der Waals surface area contributed by atoms with E-state index >= 15 is 0 Å². The summed E-state index contributed by atoms with van der Waals surface area (Å²) >= 11 is 3.06. The highest BCUT2D eigenvalue weighted by Gasteiger charge is 1.78. The summed E-state index contributed by atoms with van der Waals surface area (Å²) in [6.45, 7) is 0.670. The van der Waals surface area contributed by atoms with E-state index in [9.17, 15) is 0 Å². The van der Waals surface area contributed by atoms with Crippen LogP contribution in [0, 0.1) is 0 Å². The molecule has 0 aromatic rings. The van der Waals surface area contributed by atoms with Gasteiger partial charge in [-0.15, -0.1) is 0 Å². The van der Waals surface area contributed by atoms with E-state index < -0.39 is 0 Å². The maximum absolute atomic E-state index is 3.84. The molecule has 2 aliphatic heterocycles. The van der Waals surface area contributed by atoms with Crippen molar-refractivity contribution in [3.8, 4) is 0 Å². The fraction of sp³-hybridized carbons (Fsp3) is 0.167. The molecule has 12 heavy (non-hydrogen) atoms. The minimum atomic E-state index is 0.670. The van der Waals surface area contributed by atoms with Crippen LogP contribution < -0.4 is 5.32 Å². The molecule has 0 radical (unpaired) electrons. The molecule has 0 bridgehead atoms. The van der Waals surface area contributed by atoms with Gasteiger partial charge >= 0.3 is 0 Å². The molecule has 0 saturated carbocycles. The van der Waals surface area contributed by atoms with E-state index in [1.807, 2.05) is 16.4 Å². The molecule has 0 aliphatic carbocycles. The first-order chi connectivity index (χ1) is 6.00. The SMILES string of the molecule is C1=CSN=CS1.C1=NC=NCN1. The van der Waals surface area contributed by atoms with Gasteiger partial charge in [0.15, 0.2) is 0 Å². The molecule has 0 amide bonds. The van der Waals surface area contributed by atoms with Crippen molar-refractivity contribution in [3.05, 3.63) is 10.8 Å². The summed E-state index contributed by atoms with van der Waals surface area (Å²) in [6, 6.07) is 0. The number of hydrogen-bond acceptors (Lipinski definition) is 6. The van der Waals surface area contributed by atoms with Gasteiger partial charge in [0.2, 0.25) is 0 Å². The first-order valence-corrected chi connectivity index (χ1v) is 4.99. The zero-order valence-corrected chi connectivity index (χ0v) is 7.88. The summed E-state index contributed by atoms with van der Waals surface area (Å²) in [5.74, 6) is 0. The second kappa shape index (κ2) is 6.93. The summed E-state index contributed by atoms with van der Waals surface area (Å²) in [5, 5.41) is 6.74. The molecule has 0 aromatic carbocycles. The van der Waals surface area contributed by atoms with Crippen molar-refractivity contribution in [2.24, 2.45) is 14.4 Å². The first-order valence-electron chi connectivity index (χ1n) is 3.21. The van der Waals surface area contributed by atoms with Crippen LogP contribution in [0.2, 0.25) is 0 Å². The third kappa shape index (κ3) is 4.97. The normalized spacial score (nSPS) is 18.0. The van der Waals surface area contributed by atoms with Gasteiger partial charge in [-0.1, -0.05) is 11.8 Å². The highest BCUT2D eigenvalue weighted by molar-refractivity contribution is 8.17. The molecule has 64 valence electrons. The van der Waals surface area contributed by atoms with Crippen LogP contribution in [0.5, 0.6) is 0 Å². The van der Waals surface area contributed by atoms with Crippen molar-refractivity contribution in [2.45, 2.75) is 0 Å². The Morgan fingerprint density at radius 2 is 2.33 bits per heavy atom. The Bertz CT molecular complexity index is 190. The maximum Gasteiger partial charge on any atom is 0.113 e. The van der Waals surface area contributed by atoms with E-state index in [2.05, 4.69) is 19.7 Å². The number of hydrogen-bond donors (Lipinski definition) is 1. The van der Waals surface area contributed by atoms with E-state index in [0.29, 0.717) is 6.67 Å². The second-order valence-corrected chi connectivity index (χ2v) is 3.11. The van der Waals surface area contributed by atoms with Gasteiger partial charge in [0.1, 0.15) is 13.0 Å². The summed E-state index contributed by atoms with van der Waals surface area (Å²) in [6.07, 6.45) is 3.14. The van der Waals surface area contributed by atoms with E-state index in [1.54, 1.807) is 18.1 Å². The molecule has 1 N–H and O–H groups in total. The van der Waals surface area contributed by atoms with Gasteiger partial charge in [-0.2, -0.15) is 0 Å². The van der Waals surface area contributed by atoms with Gasteiger partial charge in [0, 0.05) is 17.4 Å². The molecule has 0 atom stereocenters. The molecule has 2 aliphatic rings. The quantitative estimate of drug-likeness (QED) is 0.603. The Hall–Kier alpha value is -0.750. The van der Waals surface area contributed by atoms with Crippen LogP contribution >= 0.6 is 23.7 Å². The minimum Gasteiger partial charge on any atom is -0.357 e. The number of nitrogens with one attached hydrogen (secondary N) is 1. The highest BCUT2D eigenvalue weighted by atomic mass is 32.2. The molecule has 0 spiro atoms. The number of rotatable bonds is 0. The van der Waals surface area contributed by atoms with Gasteiger partial charge in [-0.3, -0.25) is 4.99 Å². The van der Waals surface area contributed by atoms with E-state index in [1.165, 1.54) is 18.3 Å². The van der Waals surface area contributed by atoms with E-state index in [0.717, 1.165) is 0 Å². The Morgan fingerprint density at radius 3 is 2.50 bits per heavy atom. The molecule has 6 heteroatoms. The summed E-state index contributed by atoms with van der Waals surface area (Å²) < 4.78 is 3.84. The van der Waals surface area contributed by atoms with Crippen LogP contribution in [0.1, 0.15) is 0 Å². The van der Waals surface area contributed by atoms with Crippen LogP contribution in [-0.4, -0.2) is 24.9 Å². The predicted octanol–water partition coefficient (Wildman–Crippen LogP) is 1.48. The molecular weight excluding hydrogens is 192 g/mol. The Balaban J connectivity index is 0.000000120. The van der Waals surface area contributed by atoms with E-state index in [4.69, 9.17) is 0 Å². The molecule has 0 unspecified atom stereocenters. The average Bonchev–Trinajstić information content (AvgIpc) is 2.24. The third-order valence-electron chi connectivity index (χ3n) is 0.856. The lowest BCUT2D eigenvalue weighted by atomic mass is 10.9. The lowest BCUT2D eigenvalue weighted by Crippen LogP contribution is -2.13. The van der Waals surface area contributed by atoms with Gasteiger partial charge in [0.05, 0.1) is 11.9 Å². The first kappa shape index (κ1) is 9.34. The maximum atomic E-state index is 3.84. The highest BCUT2D eigenvalue weighted by Crippen LogP contribution is 2.13. The molecule has 2 rings (SSSR count). The number of nitrogens with zero attached hydrogens (tertiary/aromatic N) is 3. The summed E-state index contributed by atoms with van der Waals surface area (Å²) in [7, 11) is 0. The largest absolute Gasteiger partial charge is 0.357 e. The van der Waals surface area contributed by atoms with Crippen molar-refractivity contribution in [2.75, 3.05) is 6.67 Å². The molecule has 0 saturated heterocycles. The van der Waals surface area contributed by atoms with Crippen molar-refractivity contribution in [1.29, 1.82) is 0 Å². The van der Waals surface area contributed by atoms with E-state index in [-0.39, 0.29) is 0 Å². The zero-order chi connectivity index (χ0) is 8.49. The fourth-order valence-electron chi connectivity index (χ4n) is 0.444. The monoisotopic (exact) mass is 200 g/mol. The standard InChI is InChI=1S/C3H5N3.C3H3NS2/c1-4-2-6-3-5-1;1-2-6-4-3-5-1/h1-2H,3H2,(H,4,5,6);1-3H. The zero-order valence-electron chi connectivity index (χ0n) is 6.25. The lowest BCUT2D eigenvalue weighted by Gasteiger charge is -1.93. The Kier molecular flexibility index (Phi) is 5.39. The fourth-order valence-corrected chi connectivity index (χ4v) is 1.44. The minimum absolute atomic E-state index is 0.670. The smallest absolute Gasteiger partial charge is 0.113 e. The Morgan fingerprint density at radius 1 is 1.33 bits per heavy atom. The molecule has 4 nitrogen and oxygen atoms in total. The van der Waals surface area contributed by atoms with Gasteiger partial charge in [-0.25, -0.2) is 9.39 Å². The van der Waals surface area contributed by atoms with Crippen LogP contribution in [0.25, 0.3) is 0 Å². The third-order valence-corrected chi connectivity index (χ3v) is 2.17. The van der Waals surface area contributed by atoms with Gasteiger partial charge < -0.3 is 5.32 Å². The topological polar surface area (TPSA) is 49.1 Å². The van der Waals surface area contributed by atoms with Crippen molar-refractivity contribution in [3.63, 3.8) is 0 Å². The molecule has 0 fully saturated rings. The molecule has 2 heterocycles. The molecule has 0 aromatic heterocycles. The van der Waals surface area contributed by atoms with Gasteiger partial charge in [-0.05, 0) is 5.41 Å². The second-order valence-electron chi connectivity index (χ2n) is 1.66. The van der Waals surface area contributed by atoms with Crippen molar-refractivity contribution >= 4 is 41.9 Å². The Labute approximate surface area is 79.5 Å². The predicted molar refractivity (Wildman–Crippen MR) is 57.8 cm³/mol. The van der Waals surface area contributed by atoms with Crippen LogP contribution in [0.4, 0.5) is 0 Å². The summed E-state index contributed by atoms with van der Waals surface area (Å²) in [4.78, 5) is 7.39. The van der Waals surface area contributed by atoms with Crippen molar-refractivity contribution in [1.82, 2.24) is 5.32 Å². The van der Waals surface area contributed by atoms with Crippen LogP contribution in [0.3, 0.4) is 0 Å². The number of aliphatic imine (C=N–C) groups is 2. The summed E-state index contributed by atoms with van der Waals surface area (Å²) in [5.41, 5.74) is 1.81. The lowest BCUT2D eigenvalue weighted by molar-refractivity contribution is 0.934. The van der Waals surface area contributed by atoms with Crippen LogP contribution in [0.15, 0.2) is 25.2 Å². The molecular formula is C6H8N4S2. The van der Waals surface area contributed by atoms with Crippen LogP contribution in [-0.2, 0) is 0 Å². The van der Waals surface area contributed by atoms with Gasteiger partial charge in [0.25, 0.3) is 0 Å². The average molecular weight is 200 g/mol.